The second-order valence-corrected chi connectivity index (χ2v) is 11.4. The van der Waals surface area contributed by atoms with Gasteiger partial charge in [0.15, 0.2) is 5.84 Å². The molecule has 1 aromatic heterocycles. The number of likely N-dealkylation sites (N-methyl/N-ethyl adjacent to an activating group) is 1. The van der Waals surface area contributed by atoms with Crippen molar-refractivity contribution in [3.8, 4) is 11.1 Å². The first kappa shape index (κ1) is 28.2. The van der Waals surface area contributed by atoms with E-state index in [9.17, 15) is 0 Å². The highest BCUT2D eigenvalue weighted by molar-refractivity contribution is 6.21. The lowest BCUT2D eigenvalue weighted by molar-refractivity contribution is 0.365. The predicted octanol–water partition coefficient (Wildman–Crippen LogP) is 9.67. The Morgan fingerprint density at radius 3 is 2.35 bits per heavy atom. The summed E-state index contributed by atoms with van der Waals surface area (Å²) in [6.07, 6.45) is 7.13. The summed E-state index contributed by atoms with van der Waals surface area (Å²) in [6.45, 7) is 12.6. The Morgan fingerprint density at radius 2 is 1.67 bits per heavy atom. The van der Waals surface area contributed by atoms with Gasteiger partial charge in [-0.1, -0.05) is 131 Å². The first-order valence-corrected chi connectivity index (χ1v) is 14.9. The van der Waals surface area contributed by atoms with E-state index >= 15 is 0 Å². The van der Waals surface area contributed by atoms with Crippen molar-refractivity contribution in [3.05, 3.63) is 145 Å². The van der Waals surface area contributed by atoms with Crippen molar-refractivity contribution in [2.24, 2.45) is 16.8 Å². The van der Waals surface area contributed by atoms with Crippen LogP contribution in [0.5, 0.6) is 0 Å². The molecule has 0 bridgehead atoms. The van der Waals surface area contributed by atoms with Crippen LogP contribution in [0.4, 0.5) is 0 Å². The van der Waals surface area contributed by atoms with Gasteiger partial charge in [0.2, 0.25) is 0 Å². The lowest BCUT2D eigenvalue weighted by Gasteiger charge is -2.32. The van der Waals surface area contributed by atoms with E-state index in [1.54, 1.807) is 6.08 Å². The number of furan rings is 1. The molecule has 6 rings (SSSR count). The summed E-state index contributed by atoms with van der Waals surface area (Å²) >= 11 is 0. The van der Waals surface area contributed by atoms with Gasteiger partial charge in [0.1, 0.15) is 17.0 Å². The van der Waals surface area contributed by atoms with Gasteiger partial charge >= 0.3 is 0 Å². The molecule has 1 fully saturated rings. The third kappa shape index (κ3) is 4.93. The number of hydrogen-bond acceptors (Lipinski definition) is 2. The lowest BCUT2D eigenvalue weighted by Crippen LogP contribution is -2.41. The number of amidine groups is 2. The molecule has 1 N–H and O–H groups in total. The second-order valence-electron chi connectivity index (χ2n) is 11.4. The number of nitrogens with zero attached hydrogens (tertiary/aromatic N) is 2. The normalized spacial score (nSPS) is 20.0. The first-order valence-electron chi connectivity index (χ1n) is 14.9. The largest absolute Gasteiger partial charge is 0.456 e. The quantitative estimate of drug-likeness (QED) is 0.116. The molecule has 0 aliphatic heterocycles. The number of fused-ring (bicyclic) bond motifs is 3. The Morgan fingerprint density at radius 1 is 0.953 bits per heavy atom. The summed E-state index contributed by atoms with van der Waals surface area (Å²) in [7, 11) is 2.11. The maximum absolute atomic E-state index is 9.05. The highest BCUT2D eigenvalue weighted by atomic mass is 16.3. The van der Waals surface area contributed by atoms with Gasteiger partial charge in [-0.3, -0.25) is 5.41 Å². The van der Waals surface area contributed by atoms with E-state index in [1.807, 2.05) is 60.7 Å². The Hall–Kier alpha value is -4.96. The molecule has 0 spiro atoms. The molecule has 0 saturated heterocycles. The van der Waals surface area contributed by atoms with Crippen molar-refractivity contribution in [1.82, 2.24) is 4.90 Å². The van der Waals surface area contributed by atoms with E-state index in [2.05, 4.69) is 87.5 Å². The zero-order valence-corrected chi connectivity index (χ0v) is 25.0. The number of aliphatic imine (C=N–C) groups is 1. The SMILES string of the molecule is C=CC(=C)C=CC1(N(C)C(=NC(=N)c2ccccc2)c2cccc3oc4cc(-c5ccccc5)ccc4c23)[C@H](CC)[C@@H]1C. The van der Waals surface area contributed by atoms with Crippen LogP contribution in [0, 0.1) is 17.2 Å². The standard InChI is InChI=1S/C39H37N3O/c1-6-26(3)23-24-39(27(4)33(39)7-2)42(5)38(41-37(40)29-17-12-9-13-18-29)32-19-14-20-34-36(32)31-22-21-30(25-35(31)43-34)28-15-10-8-11-16-28/h6,8-25,27,33,40H,1,3,7H2,2,4-5H3/t27-,33+,39?/m0/s1. The van der Waals surface area contributed by atoms with Crippen molar-refractivity contribution >= 4 is 33.6 Å². The predicted molar refractivity (Wildman–Crippen MR) is 181 cm³/mol. The van der Waals surface area contributed by atoms with Crippen LogP contribution in [0.25, 0.3) is 33.1 Å². The fourth-order valence-corrected chi connectivity index (χ4v) is 6.68. The first-order chi connectivity index (χ1) is 20.9. The summed E-state index contributed by atoms with van der Waals surface area (Å²) in [5.74, 6) is 1.78. The minimum Gasteiger partial charge on any atom is -0.456 e. The maximum atomic E-state index is 9.05. The van der Waals surface area contributed by atoms with Gasteiger partial charge in [0.25, 0.3) is 0 Å². The summed E-state index contributed by atoms with van der Waals surface area (Å²) in [5, 5.41) is 11.1. The minimum atomic E-state index is -0.279. The molecule has 1 heterocycles. The Bertz CT molecular complexity index is 1900. The molecule has 1 unspecified atom stereocenters. The fourth-order valence-electron chi connectivity index (χ4n) is 6.68. The molecule has 43 heavy (non-hydrogen) atoms. The molecule has 5 aromatic rings. The molecule has 214 valence electrons. The molecule has 1 saturated carbocycles. The Kier molecular flexibility index (Phi) is 7.45. The maximum Gasteiger partial charge on any atom is 0.154 e. The number of benzene rings is 4. The minimum absolute atomic E-state index is 0.217. The van der Waals surface area contributed by atoms with Gasteiger partial charge < -0.3 is 9.32 Å². The topological polar surface area (TPSA) is 52.6 Å². The molecule has 0 amide bonds. The molecule has 4 aromatic carbocycles. The average Bonchev–Trinajstić information content (AvgIpc) is 3.45. The third-order valence-corrected chi connectivity index (χ3v) is 9.09. The number of hydrogen-bond donors (Lipinski definition) is 1. The monoisotopic (exact) mass is 563 g/mol. The highest BCUT2D eigenvalue weighted by Gasteiger charge is 2.62. The van der Waals surface area contributed by atoms with Gasteiger partial charge in [-0.25, -0.2) is 4.99 Å². The van der Waals surface area contributed by atoms with Crippen molar-refractivity contribution in [3.63, 3.8) is 0 Å². The average molecular weight is 564 g/mol. The van der Waals surface area contributed by atoms with Crippen LogP contribution in [0.1, 0.15) is 31.4 Å². The van der Waals surface area contributed by atoms with Crippen LogP contribution in [-0.2, 0) is 0 Å². The summed E-state index contributed by atoms with van der Waals surface area (Å²) < 4.78 is 6.47. The molecular weight excluding hydrogens is 526 g/mol. The van der Waals surface area contributed by atoms with Crippen LogP contribution >= 0.6 is 0 Å². The van der Waals surface area contributed by atoms with Gasteiger partial charge in [0.05, 0.1) is 5.54 Å². The molecule has 4 heteroatoms. The smallest absolute Gasteiger partial charge is 0.154 e. The van der Waals surface area contributed by atoms with Crippen molar-refractivity contribution in [2.75, 3.05) is 7.05 Å². The van der Waals surface area contributed by atoms with Crippen molar-refractivity contribution in [2.45, 2.75) is 25.8 Å². The zero-order valence-electron chi connectivity index (χ0n) is 25.0. The van der Waals surface area contributed by atoms with E-state index in [-0.39, 0.29) is 11.4 Å². The summed E-state index contributed by atoms with van der Waals surface area (Å²) in [5.41, 5.74) is 6.17. The second kappa shape index (κ2) is 11.4. The molecule has 3 atom stereocenters. The van der Waals surface area contributed by atoms with E-state index in [0.29, 0.717) is 11.8 Å². The number of allylic oxidation sites excluding steroid dienone is 3. The van der Waals surface area contributed by atoms with Crippen LogP contribution < -0.4 is 0 Å². The molecule has 1 aliphatic rings. The van der Waals surface area contributed by atoms with Crippen LogP contribution in [0.15, 0.2) is 143 Å². The zero-order chi connectivity index (χ0) is 30.1. The third-order valence-electron chi connectivity index (χ3n) is 9.09. The molecule has 1 aliphatic carbocycles. The summed E-state index contributed by atoms with van der Waals surface area (Å²) in [6, 6.07) is 32.6. The molecular formula is C39H37N3O. The van der Waals surface area contributed by atoms with Gasteiger partial charge in [0, 0.05) is 28.9 Å². The van der Waals surface area contributed by atoms with Gasteiger partial charge in [-0.15, -0.1) is 0 Å². The molecule has 0 radical (unpaired) electrons. The van der Waals surface area contributed by atoms with Crippen LogP contribution in [0.2, 0.25) is 0 Å². The van der Waals surface area contributed by atoms with Crippen molar-refractivity contribution < 1.29 is 4.42 Å². The van der Waals surface area contributed by atoms with E-state index in [4.69, 9.17) is 14.8 Å². The van der Waals surface area contributed by atoms with E-state index < -0.39 is 0 Å². The number of rotatable bonds is 8. The summed E-state index contributed by atoms with van der Waals surface area (Å²) in [4.78, 5) is 7.36. The van der Waals surface area contributed by atoms with Gasteiger partial charge in [-0.2, -0.15) is 0 Å². The van der Waals surface area contributed by atoms with E-state index in [0.717, 1.165) is 62.0 Å². The van der Waals surface area contributed by atoms with Crippen LogP contribution in [0.3, 0.4) is 0 Å². The Labute approximate surface area is 253 Å². The van der Waals surface area contributed by atoms with Crippen LogP contribution in [-0.4, -0.2) is 29.2 Å². The van der Waals surface area contributed by atoms with E-state index in [1.165, 1.54) is 0 Å². The number of nitrogens with one attached hydrogen (secondary N) is 1. The lowest BCUT2D eigenvalue weighted by atomic mass is 9.99. The van der Waals surface area contributed by atoms with Crippen molar-refractivity contribution in [1.29, 1.82) is 5.41 Å². The highest BCUT2D eigenvalue weighted by Crippen LogP contribution is 2.57. The van der Waals surface area contributed by atoms with Gasteiger partial charge in [-0.05, 0) is 46.7 Å². The molecule has 4 nitrogen and oxygen atoms in total. The fraction of sp³-hybridized carbons (Fsp3) is 0.179. The Balaban J connectivity index is 1.55.